The summed E-state index contributed by atoms with van der Waals surface area (Å²) in [5, 5.41) is 1.31. The minimum Gasteiger partial charge on any atom is -0.208 e. The lowest BCUT2D eigenvalue weighted by atomic mass is 11.3. The molecule has 1 aliphatic rings. The van der Waals surface area contributed by atoms with Crippen molar-refractivity contribution in [1.82, 2.24) is 0 Å². The smallest absolute Gasteiger partial charge is 0.208 e. The van der Waals surface area contributed by atoms with Crippen LogP contribution in [0.3, 0.4) is 0 Å². The summed E-state index contributed by atoms with van der Waals surface area (Å²) in [5.41, 5.74) is 0. The molecule has 0 radical (unpaired) electrons. The minimum absolute atomic E-state index is 0.655. The number of hydrogen-bond acceptors (Lipinski definition) is 4. The maximum Gasteiger partial charge on any atom is 0.279 e. The molecule has 6 heteroatoms. The molecule has 1 rings (SSSR count). The van der Waals surface area contributed by atoms with E-state index in [-0.39, 0.29) is 0 Å². The van der Waals surface area contributed by atoms with Gasteiger partial charge >= 0.3 is 0 Å². The van der Waals surface area contributed by atoms with Gasteiger partial charge in [0.1, 0.15) is 0 Å². The zero-order valence-electron chi connectivity index (χ0n) is 3.60. The van der Waals surface area contributed by atoms with Crippen LogP contribution in [0.15, 0.2) is 10.8 Å². The van der Waals surface area contributed by atoms with E-state index in [4.69, 9.17) is 0 Å². The van der Waals surface area contributed by atoms with E-state index in [1.807, 2.05) is 0 Å². The SMILES string of the molecule is O=S1(=O)C=CS1(=O)=O. The number of rotatable bonds is 0. The van der Waals surface area contributed by atoms with Crippen molar-refractivity contribution >= 4 is 17.7 Å². The first-order valence-corrected chi connectivity index (χ1v) is 5.25. The second kappa shape index (κ2) is 1.14. The van der Waals surface area contributed by atoms with Crippen LogP contribution in [0.5, 0.6) is 0 Å². The summed E-state index contributed by atoms with van der Waals surface area (Å²) in [6, 6.07) is 0. The van der Waals surface area contributed by atoms with Gasteiger partial charge in [0.05, 0.1) is 10.8 Å². The van der Waals surface area contributed by atoms with Crippen LogP contribution in [-0.2, 0) is 17.7 Å². The third kappa shape index (κ3) is 0.496. The molecule has 0 aromatic rings. The topological polar surface area (TPSA) is 68.3 Å². The van der Waals surface area contributed by atoms with Gasteiger partial charge in [-0.05, 0) is 0 Å². The summed E-state index contributed by atoms with van der Waals surface area (Å²) in [6.45, 7) is 0. The number of hydrogen-bond donors (Lipinski definition) is 0. The van der Waals surface area contributed by atoms with Crippen LogP contribution in [0.4, 0.5) is 0 Å². The summed E-state index contributed by atoms with van der Waals surface area (Å²) in [7, 11) is -7.74. The molecule has 0 aromatic carbocycles. The summed E-state index contributed by atoms with van der Waals surface area (Å²) in [4.78, 5) is 0. The highest BCUT2D eigenvalue weighted by molar-refractivity contribution is 8.71. The Hall–Kier alpha value is -0.360. The Bertz CT molecular complexity index is 281. The average molecular weight is 154 g/mol. The second-order valence-electron chi connectivity index (χ2n) is 1.26. The van der Waals surface area contributed by atoms with Crippen LogP contribution in [0, 0.1) is 0 Å². The van der Waals surface area contributed by atoms with Crippen LogP contribution < -0.4 is 0 Å². The Balaban J connectivity index is 3.66. The van der Waals surface area contributed by atoms with E-state index >= 15 is 0 Å². The van der Waals surface area contributed by atoms with Crippen LogP contribution in [0.25, 0.3) is 0 Å². The van der Waals surface area contributed by atoms with E-state index < -0.39 is 17.7 Å². The van der Waals surface area contributed by atoms with E-state index in [1.165, 1.54) is 0 Å². The molecule has 0 amide bonds. The molecule has 0 saturated heterocycles. The molecule has 0 N–H and O–H groups in total. The van der Waals surface area contributed by atoms with E-state index in [1.54, 1.807) is 0 Å². The molecule has 1 aliphatic heterocycles. The van der Waals surface area contributed by atoms with Crippen molar-refractivity contribution in [2.24, 2.45) is 0 Å². The highest BCUT2D eigenvalue weighted by atomic mass is 33.2. The highest BCUT2D eigenvalue weighted by Crippen LogP contribution is 2.17. The lowest BCUT2D eigenvalue weighted by molar-refractivity contribution is 0.589. The largest absolute Gasteiger partial charge is 0.279 e. The fourth-order valence-corrected chi connectivity index (χ4v) is 2.13. The first-order chi connectivity index (χ1) is 3.46. The fourth-order valence-electron chi connectivity index (χ4n) is 0.237. The van der Waals surface area contributed by atoms with Crippen molar-refractivity contribution in [2.45, 2.75) is 0 Å². The fraction of sp³-hybridized carbons (Fsp3) is 0. The average Bonchev–Trinajstić information content (AvgIpc) is 1.64. The van der Waals surface area contributed by atoms with Crippen molar-refractivity contribution in [3.8, 4) is 0 Å². The molecule has 4 nitrogen and oxygen atoms in total. The predicted octanol–water partition coefficient (Wildman–Crippen LogP) is -0.784. The molecule has 0 atom stereocenters. The molecule has 0 fully saturated rings. The standard InChI is InChI=1S/C2H2O4S2/c3-7(4)1-2-8(7,5)6/h1-2H. The van der Waals surface area contributed by atoms with E-state index in [2.05, 4.69) is 0 Å². The Morgan fingerprint density at radius 3 is 1.00 bits per heavy atom. The van der Waals surface area contributed by atoms with Crippen LogP contribution in [0.1, 0.15) is 0 Å². The molecule has 0 unspecified atom stereocenters. The third-order valence-electron chi connectivity index (χ3n) is 0.713. The molecule has 46 valence electrons. The maximum absolute atomic E-state index is 10.1. The van der Waals surface area contributed by atoms with Gasteiger partial charge in [0.15, 0.2) is 0 Å². The van der Waals surface area contributed by atoms with E-state index in [9.17, 15) is 16.8 Å². The Morgan fingerprint density at radius 2 is 1.00 bits per heavy atom. The molecule has 1 heterocycles. The normalized spacial score (nSPS) is 29.0. The van der Waals surface area contributed by atoms with Crippen LogP contribution in [0.2, 0.25) is 0 Å². The summed E-state index contributed by atoms with van der Waals surface area (Å²) in [5.74, 6) is 0. The molecule has 8 heavy (non-hydrogen) atoms. The molecule has 0 saturated carbocycles. The van der Waals surface area contributed by atoms with Gasteiger partial charge in [-0.2, -0.15) is 0 Å². The van der Waals surface area contributed by atoms with Crippen LogP contribution in [-0.4, -0.2) is 16.8 Å². The van der Waals surface area contributed by atoms with Crippen molar-refractivity contribution < 1.29 is 16.8 Å². The second-order valence-corrected chi connectivity index (χ2v) is 6.56. The van der Waals surface area contributed by atoms with Crippen molar-refractivity contribution in [1.29, 1.82) is 0 Å². The van der Waals surface area contributed by atoms with E-state index in [0.717, 1.165) is 0 Å². The van der Waals surface area contributed by atoms with Gasteiger partial charge in [0, 0.05) is 0 Å². The molecular weight excluding hydrogens is 152 g/mol. The predicted molar refractivity (Wildman–Crippen MR) is 27.0 cm³/mol. The summed E-state index contributed by atoms with van der Waals surface area (Å²) >= 11 is 0. The molecule has 0 bridgehead atoms. The Kier molecular flexibility index (Phi) is 0.819. The van der Waals surface area contributed by atoms with Gasteiger partial charge in [-0.25, -0.2) is 16.8 Å². The van der Waals surface area contributed by atoms with Crippen molar-refractivity contribution in [3.63, 3.8) is 0 Å². The minimum atomic E-state index is -3.87. The van der Waals surface area contributed by atoms with Gasteiger partial charge in [-0.15, -0.1) is 0 Å². The molecule has 0 aromatic heterocycles. The molecular formula is C2H2O4S2. The van der Waals surface area contributed by atoms with E-state index in [0.29, 0.717) is 10.8 Å². The van der Waals surface area contributed by atoms with Gasteiger partial charge in [-0.3, -0.25) is 0 Å². The van der Waals surface area contributed by atoms with Crippen LogP contribution >= 0.6 is 0 Å². The first kappa shape index (κ1) is 5.77. The monoisotopic (exact) mass is 154 g/mol. The Labute approximate surface area is 46.1 Å². The van der Waals surface area contributed by atoms with Gasteiger partial charge in [0.2, 0.25) is 0 Å². The van der Waals surface area contributed by atoms with Crippen molar-refractivity contribution in [2.75, 3.05) is 0 Å². The van der Waals surface area contributed by atoms with Crippen molar-refractivity contribution in [3.05, 3.63) is 10.8 Å². The maximum atomic E-state index is 10.1. The molecule has 0 aliphatic carbocycles. The lowest BCUT2D eigenvalue weighted by Crippen LogP contribution is -2.17. The molecule has 0 spiro atoms. The zero-order valence-corrected chi connectivity index (χ0v) is 5.24. The van der Waals surface area contributed by atoms with Gasteiger partial charge in [0.25, 0.3) is 17.7 Å². The van der Waals surface area contributed by atoms with Gasteiger partial charge < -0.3 is 0 Å². The van der Waals surface area contributed by atoms with Gasteiger partial charge in [-0.1, -0.05) is 0 Å². The highest BCUT2D eigenvalue weighted by Gasteiger charge is 2.32. The Morgan fingerprint density at radius 1 is 0.750 bits per heavy atom. The third-order valence-corrected chi connectivity index (χ3v) is 5.08. The zero-order chi connectivity index (χ0) is 6.41. The first-order valence-electron chi connectivity index (χ1n) is 1.64. The summed E-state index contributed by atoms with van der Waals surface area (Å²) in [6.07, 6.45) is 0. The lowest BCUT2D eigenvalue weighted by Gasteiger charge is -2.01. The summed E-state index contributed by atoms with van der Waals surface area (Å²) < 4.78 is 40.3. The quantitative estimate of drug-likeness (QED) is 0.429.